The molecular weight excluding hydrogens is 350 g/mol. The van der Waals surface area contributed by atoms with Crippen molar-refractivity contribution in [2.45, 2.75) is 37.1 Å². The van der Waals surface area contributed by atoms with Crippen LogP contribution in [0.2, 0.25) is 0 Å². The number of hydrogen-bond acceptors (Lipinski definition) is 6. The number of aliphatic carboxylic acids is 1. The van der Waals surface area contributed by atoms with Gasteiger partial charge in [-0.1, -0.05) is 6.42 Å². The number of nitrogens with zero attached hydrogens (tertiary/aromatic N) is 2. The zero-order chi connectivity index (χ0) is 17.3. The van der Waals surface area contributed by atoms with Gasteiger partial charge in [0.25, 0.3) is 11.5 Å². The van der Waals surface area contributed by atoms with Crippen molar-refractivity contribution in [1.29, 1.82) is 0 Å². The van der Waals surface area contributed by atoms with Crippen molar-refractivity contribution < 1.29 is 14.7 Å². The fourth-order valence-electron chi connectivity index (χ4n) is 2.87. The van der Waals surface area contributed by atoms with Gasteiger partial charge in [-0.25, -0.2) is 4.98 Å². The first-order chi connectivity index (χ1) is 11.5. The van der Waals surface area contributed by atoms with Gasteiger partial charge in [0.05, 0.1) is 0 Å². The van der Waals surface area contributed by atoms with Crippen LogP contribution in [0.1, 0.15) is 40.2 Å². The van der Waals surface area contributed by atoms with E-state index < -0.39 is 24.0 Å². The lowest BCUT2D eigenvalue weighted by Gasteiger charge is -2.08. The van der Waals surface area contributed by atoms with Gasteiger partial charge < -0.3 is 10.4 Å². The van der Waals surface area contributed by atoms with E-state index >= 15 is 0 Å². The Kier molecular flexibility index (Phi) is 4.91. The molecule has 0 saturated carbocycles. The molecule has 0 spiro atoms. The van der Waals surface area contributed by atoms with Gasteiger partial charge in [-0.05, 0) is 31.9 Å². The zero-order valence-electron chi connectivity index (χ0n) is 13.1. The van der Waals surface area contributed by atoms with Crippen LogP contribution in [0, 0.1) is 0 Å². The molecule has 24 heavy (non-hydrogen) atoms. The highest BCUT2D eigenvalue weighted by Gasteiger charge is 2.24. The molecule has 2 aromatic heterocycles. The van der Waals surface area contributed by atoms with Crippen LogP contribution in [0.3, 0.4) is 0 Å². The third-order valence-electron chi connectivity index (χ3n) is 3.96. The maximum absolute atomic E-state index is 12.9. The number of nitrogens with one attached hydrogen (secondary N) is 1. The van der Waals surface area contributed by atoms with Crippen molar-refractivity contribution in [3.05, 3.63) is 26.5 Å². The van der Waals surface area contributed by atoms with Crippen LogP contribution in [-0.2, 0) is 17.6 Å². The Hall–Kier alpha value is -1.87. The number of thioether (sulfide) groups is 1. The van der Waals surface area contributed by atoms with E-state index in [2.05, 4.69) is 10.3 Å². The molecule has 2 N–H and O–H groups in total. The molecule has 0 aromatic carbocycles. The van der Waals surface area contributed by atoms with Crippen LogP contribution >= 0.6 is 23.1 Å². The predicted octanol–water partition coefficient (Wildman–Crippen LogP) is 1.56. The fraction of sp³-hybridized carbons (Fsp3) is 0.467. The Morgan fingerprint density at radius 1 is 1.33 bits per heavy atom. The normalized spacial score (nSPS) is 14.2. The van der Waals surface area contributed by atoms with Crippen LogP contribution in [-0.4, -0.2) is 39.2 Å². The Morgan fingerprint density at radius 2 is 2.08 bits per heavy atom. The molecule has 3 rings (SSSR count). The number of thiazole rings is 1. The number of carbonyl (C=O) groups is 2. The minimum atomic E-state index is -1.16. The van der Waals surface area contributed by atoms with E-state index in [1.54, 1.807) is 10.7 Å². The molecule has 1 aliphatic rings. The summed E-state index contributed by atoms with van der Waals surface area (Å²) in [6, 6.07) is 0. The number of aromatic nitrogens is 2. The molecule has 2 heterocycles. The molecule has 0 unspecified atom stereocenters. The predicted molar refractivity (Wildman–Crippen MR) is 92.3 cm³/mol. The van der Waals surface area contributed by atoms with Crippen molar-refractivity contribution >= 4 is 39.9 Å². The van der Waals surface area contributed by atoms with Crippen molar-refractivity contribution in [1.82, 2.24) is 14.7 Å². The monoisotopic (exact) mass is 367 g/mol. The van der Waals surface area contributed by atoms with E-state index in [1.165, 1.54) is 23.1 Å². The summed E-state index contributed by atoms with van der Waals surface area (Å²) in [6.45, 7) is -0.531. The van der Waals surface area contributed by atoms with Gasteiger partial charge in [0.15, 0.2) is 4.96 Å². The maximum atomic E-state index is 12.9. The van der Waals surface area contributed by atoms with Crippen molar-refractivity contribution in [3.8, 4) is 0 Å². The molecule has 0 bridgehead atoms. The van der Waals surface area contributed by atoms with Gasteiger partial charge in [0.1, 0.15) is 17.1 Å². The molecule has 0 radical (unpaired) electrons. The summed E-state index contributed by atoms with van der Waals surface area (Å²) in [4.78, 5) is 42.2. The first kappa shape index (κ1) is 17.0. The topological polar surface area (TPSA) is 101 Å². The second kappa shape index (κ2) is 6.94. The maximum Gasteiger partial charge on any atom is 0.322 e. The van der Waals surface area contributed by atoms with Crippen molar-refractivity contribution in [3.63, 3.8) is 0 Å². The SMILES string of the molecule is CSc1nc2sc3c(n2c(=O)c1C(=O)NCC(=O)O)CCCCC3. The Labute approximate surface area is 146 Å². The van der Waals surface area contributed by atoms with Gasteiger partial charge in [0.2, 0.25) is 0 Å². The molecule has 0 fully saturated rings. The number of aryl methyl sites for hydroxylation is 2. The van der Waals surface area contributed by atoms with Gasteiger partial charge in [-0.2, -0.15) is 0 Å². The van der Waals surface area contributed by atoms with Crippen molar-refractivity contribution in [2.75, 3.05) is 12.8 Å². The Bertz CT molecular complexity index is 872. The van der Waals surface area contributed by atoms with E-state index in [9.17, 15) is 14.4 Å². The summed E-state index contributed by atoms with van der Waals surface area (Å²) in [6.07, 6.45) is 6.69. The number of hydrogen-bond donors (Lipinski definition) is 2. The largest absolute Gasteiger partial charge is 0.480 e. The highest BCUT2D eigenvalue weighted by Crippen LogP contribution is 2.29. The van der Waals surface area contributed by atoms with E-state index in [0.717, 1.165) is 42.7 Å². The number of fused-ring (bicyclic) bond motifs is 3. The first-order valence-electron chi connectivity index (χ1n) is 7.64. The van der Waals surface area contributed by atoms with E-state index in [-0.39, 0.29) is 5.56 Å². The minimum absolute atomic E-state index is 0.0777. The van der Waals surface area contributed by atoms with Crippen LogP contribution in [0.5, 0.6) is 0 Å². The number of carboxylic acid groups (broad SMARTS) is 1. The average molecular weight is 367 g/mol. The number of carbonyl (C=O) groups excluding carboxylic acids is 1. The van der Waals surface area contributed by atoms with Crippen molar-refractivity contribution in [2.24, 2.45) is 0 Å². The third kappa shape index (κ3) is 3.05. The van der Waals surface area contributed by atoms with E-state index in [4.69, 9.17) is 5.11 Å². The van der Waals surface area contributed by atoms with E-state index in [0.29, 0.717) is 9.99 Å². The lowest BCUT2D eigenvalue weighted by atomic mass is 10.2. The molecule has 9 heteroatoms. The van der Waals surface area contributed by atoms with Gasteiger partial charge in [-0.3, -0.25) is 18.8 Å². The summed E-state index contributed by atoms with van der Waals surface area (Å²) in [5, 5.41) is 11.3. The number of amides is 1. The van der Waals surface area contributed by atoms with E-state index in [1.807, 2.05) is 0 Å². The molecule has 0 atom stereocenters. The third-order valence-corrected chi connectivity index (χ3v) is 5.79. The second-order valence-electron chi connectivity index (χ2n) is 5.53. The Morgan fingerprint density at radius 3 is 2.79 bits per heavy atom. The smallest absolute Gasteiger partial charge is 0.322 e. The summed E-state index contributed by atoms with van der Waals surface area (Å²) in [7, 11) is 0. The lowest BCUT2D eigenvalue weighted by molar-refractivity contribution is -0.135. The molecule has 1 amide bonds. The molecule has 128 valence electrons. The second-order valence-corrected chi connectivity index (χ2v) is 7.39. The van der Waals surface area contributed by atoms with Crippen LogP contribution in [0.15, 0.2) is 9.82 Å². The molecule has 1 aliphatic carbocycles. The van der Waals surface area contributed by atoms with Gasteiger partial charge in [-0.15, -0.1) is 23.1 Å². The van der Waals surface area contributed by atoms with Crippen LogP contribution in [0.25, 0.3) is 4.96 Å². The summed E-state index contributed by atoms with van der Waals surface area (Å²) >= 11 is 2.72. The minimum Gasteiger partial charge on any atom is -0.480 e. The molecular formula is C15H17N3O4S2. The lowest BCUT2D eigenvalue weighted by Crippen LogP contribution is -2.35. The molecule has 0 saturated heterocycles. The first-order valence-corrected chi connectivity index (χ1v) is 9.68. The zero-order valence-corrected chi connectivity index (χ0v) is 14.8. The van der Waals surface area contributed by atoms with Gasteiger partial charge in [0, 0.05) is 10.6 Å². The summed E-state index contributed by atoms with van der Waals surface area (Å²) < 4.78 is 1.54. The molecule has 2 aromatic rings. The Balaban J connectivity index is 2.16. The van der Waals surface area contributed by atoms with Crippen LogP contribution < -0.4 is 10.9 Å². The number of carboxylic acids is 1. The average Bonchev–Trinajstić information content (AvgIpc) is 2.74. The quantitative estimate of drug-likeness (QED) is 0.483. The summed E-state index contributed by atoms with van der Waals surface area (Å²) in [5.74, 6) is -1.85. The fourth-order valence-corrected chi connectivity index (χ4v) is 4.69. The standard InChI is InChI=1S/C15H17N3O4S2/c1-23-13-11(12(21)16-7-10(19)20)14(22)18-8-5-3-2-4-6-9(8)24-15(18)17-13/h2-7H2,1H3,(H,16,21)(H,19,20). The van der Waals surface area contributed by atoms with Crippen LogP contribution in [0.4, 0.5) is 0 Å². The van der Waals surface area contributed by atoms with Gasteiger partial charge >= 0.3 is 5.97 Å². The summed E-state index contributed by atoms with van der Waals surface area (Å²) in [5.41, 5.74) is 0.461. The highest BCUT2D eigenvalue weighted by molar-refractivity contribution is 7.98. The molecule has 0 aliphatic heterocycles. The number of rotatable bonds is 4. The highest BCUT2D eigenvalue weighted by atomic mass is 32.2. The molecule has 7 nitrogen and oxygen atoms in total.